The molecular formula is C16H14. The van der Waals surface area contributed by atoms with Crippen LogP contribution in [0.2, 0.25) is 0 Å². The van der Waals surface area contributed by atoms with Crippen molar-refractivity contribution in [3.8, 4) is 11.1 Å². The summed E-state index contributed by atoms with van der Waals surface area (Å²) in [5, 5.41) is 0. The molecular weight excluding hydrogens is 192 g/mol. The summed E-state index contributed by atoms with van der Waals surface area (Å²) >= 11 is 0. The first-order chi connectivity index (χ1) is 7.85. The Morgan fingerprint density at radius 1 is 0.688 bits per heavy atom. The Balaban J connectivity index is 2.52. The summed E-state index contributed by atoms with van der Waals surface area (Å²) in [7, 11) is 0. The molecule has 0 amide bonds. The summed E-state index contributed by atoms with van der Waals surface area (Å²) in [5.41, 5.74) is 4.67. The topological polar surface area (TPSA) is 0 Å². The van der Waals surface area contributed by atoms with E-state index in [1.54, 1.807) is 0 Å². The zero-order valence-corrected chi connectivity index (χ0v) is 9.19. The minimum atomic E-state index is 1.12. The smallest absolute Gasteiger partial charge is 0.0178 e. The minimum absolute atomic E-state index is 1.12. The second-order valence-electron chi connectivity index (χ2n) is 3.62. The molecule has 16 heavy (non-hydrogen) atoms. The van der Waals surface area contributed by atoms with E-state index in [2.05, 4.69) is 43.5 Å². The van der Waals surface area contributed by atoms with Gasteiger partial charge in [0.25, 0.3) is 0 Å². The summed E-state index contributed by atoms with van der Waals surface area (Å²) < 4.78 is 0. The number of benzene rings is 2. The molecule has 0 N–H and O–H groups in total. The van der Waals surface area contributed by atoms with E-state index in [1.165, 1.54) is 11.1 Å². The average molecular weight is 206 g/mol. The van der Waals surface area contributed by atoms with Gasteiger partial charge < -0.3 is 0 Å². The fraction of sp³-hybridized carbons (Fsp3) is 0. The van der Waals surface area contributed by atoms with Gasteiger partial charge in [0.1, 0.15) is 0 Å². The second kappa shape index (κ2) is 4.63. The Bertz CT molecular complexity index is 507. The van der Waals surface area contributed by atoms with Gasteiger partial charge in [-0.05, 0) is 28.3 Å². The molecule has 0 aliphatic carbocycles. The van der Waals surface area contributed by atoms with Crippen LogP contribution in [0.25, 0.3) is 23.3 Å². The minimum Gasteiger partial charge on any atom is -0.0984 e. The lowest BCUT2D eigenvalue weighted by Crippen LogP contribution is -1.83. The highest BCUT2D eigenvalue weighted by Crippen LogP contribution is 2.23. The number of hydrogen-bond acceptors (Lipinski definition) is 0. The maximum atomic E-state index is 3.83. The molecule has 0 aliphatic heterocycles. The van der Waals surface area contributed by atoms with Gasteiger partial charge in [0.2, 0.25) is 0 Å². The molecule has 78 valence electrons. The van der Waals surface area contributed by atoms with Crippen LogP contribution in [0, 0.1) is 0 Å². The van der Waals surface area contributed by atoms with Crippen LogP contribution in [0.3, 0.4) is 0 Å². The molecule has 0 fully saturated rings. The van der Waals surface area contributed by atoms with E-state index >= 15 is 0 Å². The van der Waals surface area contributed by atoms with Crippen molar-refractivity contribution in [2.75, 3.05) is 0 Å². The Morgan fingerprint density at radius 3 is 2.00 bits per heavy atom. The third kappa shape index (κ3) is 1.96. The molecule has 0 radical (unpaired) electrons. The predicted molar refractivity (Wildman–Crippen MR) is 72.1 cm³/mol. The summed E-state index contributed by atoms with van der Waals surface area (Å²) in [4.78, 5) is 0. The molecule has 2 aromatic rings. The Hall–Kier alpha value is -2.08. The van der Waals surface area contributed by atoms with Gasteiger partial charge in [0, 0.05) is 0 Å². The second-order valence-corrected chi connectivity index (χ2v) is 3.62. The number of rotatable bonds is 3. The summed E-state index contributed by atoms with van der Waals surface area (Å²) in [5.74, 6) is 0. The van der Waals surface area contributed by atoms with E-state index in [9.17, 15) is 0 Å². The third-order valence-electron chi connectivity index (χ3n) is 2.63. The van der Waals surface area contributed by atoms with Gasteiger partial charge in [0.15, 0.2) is 0 Å². The third-order valence-corrected chi connectivity index (χ3v) is 2.63. The van der Waals surface area contributed by atoms with Crippen molar-refractivity contribution in [2.45, 2.75) is 0 Å². The van der Waals surface area contributed by atoms with Crippen molar-refractivity contribution in [3.05, 3.63) is 72.8 Å². The molecule has 2 aromatic carbocycles. The van der Waals surface area contributed by atoms with Crippen molar-refractivity contribution in [2.24, 2.45) is 0 Å². The maximum Gasteiger partial charge on any atom is -0.0178 e. The lowest BCUT2D eigenvalue weighted by Gasteiger charge is -2.06. The van der Waals surface area contributed by atoms with Crippen molar-refractivity contribution >= 4 is 12.2 Å². The Morgan fingerprint density at radius 2 is 1.38 bits per heavy atom. The van der Waals surface area contributed by atoms with E-state index in [0.717, 1.165) is 11.1 Å². The SMILES string of the molecule is C=Cc1ccc(-c2ccccc2)cc1C=C. The van der Waals surface area contributed by atoms with E-state index in [4.69, 9.17) is 0 Å². The highest BCUT2D eigenvalue weighted by atomic mass is 14.0. The van der Waals surface area contributed by atoms with E-state index in [-0.39, 0.29) is 0 Å². The van der Waals surface area contributed by atoms with Crippen LogP contribution in [0.5, 0.6) is 0 Å². The van der Waals surface area contributed by atoms with Crippen molar-refractivity contribution < 1.29 is 0 Å². The van der Waals surface area contributed by atoms with Gasteiger partial charge in [-0.3, -0.25) is 0 Å². The lowest BCUT2D eigenvalue weighted by molar-refractivity contribution is 1.57. The van der Waals surface area contributed by atoms with E-state index in [0.29, 0.717) is 0 Å². The largest absolute Gasteiger partial charge is 0.0984 e. The average Bonchev–Trinajstić information content (AvgIpc) is 2.39. The number of hydrogen-bond donors (Lipinski definition) is 0. The zero-order chi connectivity index (χ0) is 11.4. The van der Waals surface area contributed by atoms with Crippen LogP contribution < -0.4 is 0 Å². The first-order valence-electron chi connectivity index (χ1n) is 5.29. The lowest BCUT2D eigenvalue weighted by atomic mass is 9.99. The summed E-state index contributed by atoms with van der Waals surface area (Å²) in [6.07, 6.45) is 3.72. The Labute approximate surface area is 96.6 Å². The molecule has 0 saturated carbocycles. The molecule has 0 atom stereocenters. The monoisotopic (exact) mass is 206 g/mol. The molecule has 0 aromatic heterocycles. The molecule has 0 nitrogen and oxygen atoms in total. The molecule has 0 heteroatoms. The molecule has 0 unspecified atom stereocenters. The van der Waals surface area contributed by atoms with Gasteiger partial charge in [0.05, 0.1) is 0 Å². The van der Waals surface area contributed by atoms with Crippen LogP contribution in [0.1, 0.15) is 11.1 Å². The molecule has 2 rings (SSSR count). The standard InChI is InChI=1S/C16H14/c1-3-13-10-11-16(12-14(13)4-2)15-8-6-5-7-9-15/h3-12H,1-2H2. The predicted octanol–water partition coefficient (Wildman–Crippen LogP) is 4.64. The highest BCUT2D eigenvalue weighted by Gasteiger charge is 2.00. The highest BCUT2D eigenvalue weighted by molar-refractivity contribution is 5.72. The van der Waals surface area contributed by atoms with Crippen molar-refractivity contribution in [3.63, 3.8) is 0 Å². The van der Waals surface area contributed by atoms with Crippen LogP contribution in [0.15, 0.2) is 61.7 Å². The van der Waals surface area contributed by atoms with Gasteiger partial charge in [-0.1, -0.05) is 67.8 Å². The maximum absolute atomic E-state index is 3.83. The summed E-state index contributed by atoms with van der Waals surface area (Å²) in [6.45, 7) is 7.62. The van der Waals surface area contributed by atoms with Crippen LogP contribution in [-0.4, -0.2) is 0 Å². The fourth-order valence-corrected chi connectivity index (χ4v) is 1.75. The normalized spacial score (nSPS) is 9.75. The first-order valence-corrected chi connectivity index (χ1v) is 5.29. The molecule has 0 bridgehead atoms. The zero-order valence-electron chi connectivity index (χ0n) is 9.19. The van der Waals surface area contributed by atoms with Crippen LogP contribution >= 0.6 is 0 Å². The van der Waals surface area contributed by atoms with E-state index < -0.39 is 0 Å². The van der Waals surface area contributed by atoms with Gasteiger partial charge in [-0.25, -0.2) is 0 Å². The van der Waals surface area contributed by atoms with Crippen molar-refractivity contribution in [1.29, 1.82) is 0 Å². The van der Waals surface area contributed by atoms with E-state index in [1.807, 2.05) is 30.4 Å². The van der Waals surface area contributed by atoms with Gasteiger partial charge in [-0.2, -0.15) is 0 Å². The van der Waals surface area contributed by atoms with Crippen LogP contribution in [0.4, 0.5) is 0 Å². The van der Waals surface area contributed by atoms with Gasteiger partial charge in [-0.15, -0.1) is 0 Å². The summed E-state index contributed by atoms with van der Waals surface area (Å²) in [6, 6.07) is 16.7. The van der Waals surface area contributed by atoms with Gasteiger partial charge >= 0.3 is 0 Å². The quantitative estimate of drug-likeness (QED) is 0.686. The molecule has 0 spiro atoms. The first kappa shape index (κ1) is 10.4. The van der Waals surface area contributed by atoms with Crippen LogP contribution in [-0.2, 0) is 0 Å². The molecule has 0 aliphatic rings. The fourth-order valence-electron chi connectivity index (χ4n) is 1.75. The van der Waals surface area contributed by atoms with Crippen molar-refractivity contribution in [1.82, 2.24) is 0 Å². The molecule has 0 heterocycles. The molecule has 0 saturated heterocycles. The Kier molecular flexibility index (Phi) is 3.02.